The van der Waals surface area contributed by atoms with E-state index in [0.717, 1.165) is 24.0 Å². The number of thioether (sulfide) groups is 1. The quantitative estimate of drug-likeness (QED) is 0.140. The minimum absolute atomic E-state index is 0.117. The molecular formula is C22H26N2O3S. The lowest BCUT2D eigenvalue weighted by Gasteiger charge is -2.10. The number of amides is 2. The summed E-state index contributed by atoms with van der Waals surface area (Å²) in [5.41, 5.74) is 4.09. The molecule has 0 unspecified atom stereocenters. The Morgan fingerprint density at radius 3 is 2.36 bits per heavy atom. The van der Waals surface area contributed by atoms with Crippen LogP contribution in [0.15, 0.2) is 59.5 Å². The summed E-state index contributed by atoms with van der Waals surface area (Å²) in [7, 11) is 0. The highest BCUT2D eigenvalue weighted by Crippen LogP contribution is 2.21. The van der Waals surface area contributed by atoms with Crippen LogP contribution in [0.25, 0.3) is 11.6 Å². The van der Waals surface area contributed by atoms with Crippen LogP contribution in [0.2, 0.25) is 0 Å². The number of hydroxylamine groups is 1. The first-order valence-corrected chi connectivity index (χ1v) is 10.5. The summed E-state index contributed by atoms with van der Waals surface area (Å²) in [6.45, 7) is 0.537. The number of hydrogen-bond donors (Lipinski definition) is 3. The van der Waals surface area contributed by atoms with Gasteiger partial charge in [0.1, 0.15) is 0 Å². The molecule has 0 saturated carbocycles. The summed E-state index contributed by atoms with van der Waals surface area (Å²) in [6, 6.07) is 17.7. The van der Waals surface area contributed by atoms with E-state index in [1.165, 1.54) is 4.90 Å². The van der Waals surface area contributed by atoms with Gasteiger partial charge in [0.25, 0.3) is 5.91 Å². The van der Waals surface area contributed by atoms with E-state index < -0.39 is 0 Å². The van der Waals surface area contributed by atoms with Crippen LogP contribution in [-0.4, -0.2) is 29.8 Å². The van der Waals surface area contributed by atoms with E-state index in [1.807, 2.05) is 66.9 Å². The Bertz CT molecular complexity index is 789. The van der Waals surface area contributed by atoms with Crippen molar-refractivity contribution in [3.63, 3.8) is 0 Å². The number of hydrogen-bond acceptors (Lipinski definition) is 4. The molecule has 0 aliphatic carbocycles. The molecule has 2 rings (SSSR count). The SMILES string of the molecule is CSc1ccc(/C=C(/C(=O)NCCCCCC(=O)NO)c2ccccc2)cc1. The Morgan fingerprint density at radius 1 is 1.00 bits per heavy atom. The van der Waals surface area contributed by atoms with Crippen LogP contribution in [-0.2, 0) is 9.59 Å². The molecule has 0 atom stereocenters. The molecule has 0 aromatic heterocycles. The third-order valence-electron chi connectivity index (χ3n) is 4.25. The number of unbranched alkanes of at least 4 members (excludes halogenated alkanes) is 2. The average Bonchev–Trinajstić information content (AvgIpc) is 2.75. The number of carbonyl (C=O) groups is 2. The Balaban J connectivity index is 2.00. The number of benzene rings is 2. The van der Waals surface area contributed by atoms with Crippen molar-refractivity contribution in [2.24, 2.45) is 0 Å². The molecule has 0 aliphatic heterocycles. The van der Waals surface area contributed by atoms with Crippen LogP contribution < -0.4 is 10.8 Å². The molecule has 0 spiro atoms. The molecule has 28 heavy (non-hydrogen) atoms. The predicted octanol–water partition coefficient (Wildman–Crippen LogP) is 4.13. The molecule has 0 saturated heterocycles. The van der Waals surface area contributed by atoms with Crippen LogP contribution in [0.3, 0.4) is 0 Å². The zero-order chi connectivity index (χ0) is 20.2. The zero-order valence-electron chi connectivity index (χ0n) is 16.0. The van der Waals surface area contributed by atoms with E-state index in [9.17, 15) is 9.59 Å². The largest absolute Gasteiger partial charge is 0.352 e. The molecule has 2 aromatic rings. The first kappa shape index (κ1) is 21.7. The van der Waals surface area contributed by atoms with Crippen molar-refractivity contribution in [2.75, 3.05) is 12.8 Å². The van der Waals surface area contributed by atoms with Crippen LogP contribution in [0.1, 0.15) is 36.8 Å². The molecule has 0 bridgehead atoms. The highest BCUT2D eigenvalue weighted by atomic mass is 32.2. The molecule has 6 heteroatoms. The predicted molar refractivity (Wildman–Crippen MR) is 114 cm³/mol. The Labute approximate surface area is 170 Å². The van der Waals surface area contributed by atoms with Crippen molar-refractivity contribution in [1.29, 1.82) is 0 Å². The van der Waals surface area contributed by atoms with Crippen molar-refractivity contribution < 1.29 is 14.8 Å². The lowest BCUT2D eigenvalue weighted by molar-refractivity contribution is -0.129. The summed E-state index contributed by atoms with van der Waals surface area (Å²) in [5, 5.41) is 11.4. The summed E-state index contributed by atoms with van der Waals surface area (Å²) < 4.78 is 0. The number of rotatable bonds is 10. The minimum atomic E-state index is -0.383. The van der Waals surface area contributed by atoms with Gasteiger partial charge in [-0.15, -0.1) is 11.8 Å². The third kappa shape index (κ3) is 7.21. The van der Waals surface area contributed by atoms with Crippen molar-refractivity contribution in [3.8, 4) is 0 Å². The van der Waals surface area contributed by atoms with Gasteiger partial charge >= 0.3 is 0 Å². The molecule has 0 heterocycles. The van der Waals surface area contributed by atoms with E-state index in [4.69, 9.17) is 5.21 Å². The standard InChI is InChI=1S/C22H26N2O3S/c1-28-19-13-11-17(12-14-19)16-20(18-8-4-2-5-9-18)22(26)23-15-7-3-6-10-21(25)24-27/h2,4-5,8-9,11-14,16,27H,3,6-7,10,15H2,1H3,(H,23,26)(H,24,25)/b20-16+. The van der Waals surface area contributed by atoms with E-state index in [0.29, 0.717) is 18.5 Å². The lowest BCUT2D eigenvalue weighted by Crippen LogP contribution is -2.25. The first-order valence-electron chi connectivity index (χ1n) is 9.26. The van der Waals surface area contributed by atoms with Crippen LogP contribution >= 0.6 is 11.8 Å². The minimum Gasteiger partial charge on any atom is -0.352 e. The number of nitrogens with one attached hydrogen (secondary N) is 2. The summed E-state index contributed by atoms with van der Waals surface area (Å²) >= 11 is 1.68. The van der Waals surface area contributed by atoms with Gasteiger partial charge < -0.3 is 5.32 Å². The molecule has 0 aliphatic rings. The second-order valence-electron chi connectivity index (χ2n) is 6.30. The second kappa shape index (κ2) is 12.0. The van der Waals surface area contributed by atoms with Gasteiger partial charge in [-0.3, -0.25) is 14.8 Å². The maximum absolute atomic E-state index is 12.8. The van der Waals surface area contributed by atoms with Crippen LogP contribution in [0.4, 0.5) is 0 Å². The Hall–Kier alpha value is -2.57. The van der Waals surface area contributed by atoms with Crippen LogP contribution in [0.5, 0.6) is 0 Å². The maximum atomic E-state index is 12.8. The average molecular weight is 399 g/mol. The van der Waals surface area contributed by atoms with Gasteiger partial charge in [0.2, 0.25) is 5.91 Å². The summed E-state index contributed by atoms with van der Waals surface area (Å²) in [6.07, 6.45) is 6.46. The van der Waals surface area contributed by atoms with Crippen molar-refractivity contribution in [1.82, 2.24) is 10.8 Å². The van der Waals surface area contributed by atoms with E-state index in [-0.39, 0.29) is 18.2 Å². The van der Waals surface area contributed by atoms with Gasteiger partial charge in [-0.05, 0) is 48.4 Å². The molecule has 5 nitrogen and oxygen atoms in total. The summed E-state index contributed by atoms with van der Waals surface area (Å²) in [5.74, 6) is -0.501. The van der Waals surface area contributed by atoms with Gasteiger partial charge in [-0.1, -0.05) is 48.9 Å². The molecule has 3 N–H and O–H groups in total. The third-order valence-corrected chi connectivity index (χ3v) is 4.99. The van der Waals surface area contributed by atoms with E-state index >= 15 is 0 Å². The van der Waals surface area contributed by atoms with Crippen molar-refractivity contribution >= 4 is 35.2 Å². The fourth-order valence-electron chi connectivity index (χ4n) is 2.70. The summed E-state index contributed by atoms with van der Waals surface area (Å²) in [4.78, 5) is 24.9. The Kier molecular flexibility index (Phi) is 9.31. The highest BCUT2D eigenvalue weighted by Gasteiger charge is 2.11. The van der Waals surface area contributed by atoms with Gasteiger partial charge in [-0.25, -0.2) is 5.48 Å². The molecule has 2 aromatic carbocycles. The van der Waals surface area contributed by atoms with E-state index in [1.54, 1.807) is 17.2 Å². The van der Waals surface area contributed by atoms with Gasteiger partial charge in [-0.2, -0.15) is 0 Å². The van der Waals surface area contributed by atoms with Gasteiger partial charge in [0.15, 0.2) is 0 Å². The monoisotopic (exact) mass is 398 g/mol. The molecular weight excluding hydrogens is 372 g/mol. The first-order chi connectivity index (χ1) is 13.6. The molecule has 148 valence electrons. The highest BCUT2D eigenvalue weighted by molar-refractivity contribution is 7.98. The lowest BCUT2D eigenvalue weighted by atomic mass is 10.0. The molecule has 0 fully saturated rings. The van der Waals surface area contributed by atoms with Crippen molar-refractivity contribution in [3.05, 3.63) is 65.7 Å². The fraction of sp³-hybridized carbons (Fsp3) is 0.273. The topological polar surface area (TPSA) is 78.4 Å². The zero-order valence-corrected chi connectivity index (χ0v) is 16.8. The Morgan fingerprint density at radius 2 is 1.71 bits per heavy atom. The normalized spacial score (nSPS) is 11.1. The maximum Gasteiger partial charge on any atom is 0.251 e. The fourth-order valence-corrected chi connectivity index (χ4v) is 3.11. The molecule has 0 radical (unpaired) electrons. The van der Waals surface area contributed by atoms with E-state index in [2.05, 4.69) is 5.32 Å². The smallest absolute Gasteiger partial charge is 0.251 e. The van der Waals surface area contributed by atoms with Gasteiger partial charge in [0.05, 0.1) is 0 Å². The second-order valence-corrected chi connectivity index (χ2v) is 7.18. The van der Waals surface area contributed by atoms with Gasteiger partial charge in [0, 0.05) is 23.4 Å². The molecule has 2 amide bonds. The number of carbonyl (C=O) groups excluding carboxylic acids is 2. The van der Waals surface area contributed by atoms with Crippen LogP contribution in [0, 0.1) is 0 Å². The van der Waals surface area contributed by atoms with Crippen molar-refractivity contribution in [2.45, 2.75) is 30.6 Å².